The largest absolute Gasteiger partial charge is 0.493 e. The normalized spacial score (nSPS) is 11.2. The van der Waals surface area contributed by atoms with Gasteiger partial charge >= 0.3 is 0 Å². The van der Waals surface area contributed by atoms with Gasteiger partial charge in [0.2, 0.25) is 0 Å². The second-order valence-electron chi connectivity index (χ2n) is 34.0. The van der Waals surface area contributed by atoms with E-state index in [-0.39, 0.29) is 52.9 Å². The van der Waals surface area contributed by atoms with Crippen LogP contribution in [0.25, 0.3) is 89.7 Å². The standard InChI is InChI=1S/C70H82N12O8.C26H22O8.C11H19N3O/c1-79(2)29-11-33-83-49-19-25-55-59(43-49)75-67(71-55)47-17-23-53(69-73-57-27-21-51(45-61(57)77-69)85-35-13-31-81(5)6)65(41-47)89-39-37-87-63-15-9-10-16-64(63)88-38-40-90-66-42-48(68-72-56-26-20-50(44-60(56)76-68)84-34-12-30-80(3)4)18-24-54(66)70-74-58-28-22-52(46-62(58)78-70)86-36-14-32-82(7)8;27-15-19-5-7-21(17-29)25(13-19)33-11-9-31-23-3-1-2-4-24(23)32-10-12-34-26-14-20(16-28)6-8-22(26)18-30;1-14(2)6-3-7-15-9-4-5-10(12)11(13)8-9/h9-10,15-28,41-46H,11-14,29-40H2,1-8H3,(H,71,75)(H,72,76)(H,73,77)(H,74,78);1-8,13-18H,9-12H2;4-5,8H,3,6-7,12-13H2,1-2H3. The highest BCUT2D eigenvalue weighted by Crippen LogP contribution is 2.39. The third-order valence-corrected chi connectivity index (χ3v) is 21.7. The van der Waals surface area contributed by atoms with Crippen molar-refractivity contribution in [1.29, 1.82) is 0 Å². The summed E-state index contributed by atoms with van der Waals surface area (Å²) in [5.74, 6) is 10.5. The number of nitrogen functional groups attached to an aromatic ring is 2. The van der Waals surface area contributed by atoms with Gasteiger partial charge in [-0.2, -0.15) is 0 Å². The highest BCUT2D eigenvalue weighted by molar-refractivity contribution is 5.88. The molecule has 15 aromatic rings. The summed E-state index contributed by atoms with van der Waals surface area (Å²) in [7, 11) is 20.6. The van der Waals surface area contributed by atoms with Crippen LogP contribution in [0.2, 0.25) is 0 Å². The lowest BCUT2D eigenvalue weighted by molar-refractivity contribution is 0.110. The van der Waals surface area contributed by atoms with Crippen LogP contribution < -0.4 is 73.0 Å². The lowest BCUT2D eigenvalue weighted by Gasteiger charge is -2.15. The van der Waals surface area contributed by atoms with Crippen LogP contribution in [0.1, 0.15) is 73.5 Å². The zero-order chi connectivity index (χ0) is 97.8. The molecule has 11 aromatic carbocycles. The first-order valence-electron chi connectivity index (χ1n) is 46.2. The molecular formula is C107H123N15O17. The molecule has 728 valence electrons. The number of para-hydroxylation sites is 4. The Morgan fingerprint density at radius 1 is 0.252 bits per heavy atom. The number of hydrogen-bond acceptors (Lipinski definition) is 28. The van der Waals surface area contributed by atoms with Gasteiger partial charge in [-0.1, -0.05) is 48.5 Å². The number of ether oxygens (including phenoxy) is 13. The quantitative estimate of drug-likeness (QED) is 0.0117. The van der Waals surface area contributed by atoms with Gasteiger partial charge in [0, 0.05) is 85.3 Å². The van der Waals surface area contributed by atoms with E-state index >= 15 is 0 Å². The lowest BCUT2D eigenvalue weighted by atomic mass is 10.1. The Labute approximate surface area is 809 Å². The van der Waals surface area contributed by atoms with E-state index in [9.17, 15) is 19.2 Å². The third kappa shape index (κ3) is 30.4. The van der Waals surface area contributed by atoms with Gasteiger partial charge < -0.3 is 117 Å². The van der Waals surface area contributed by atoms with Crippen LogP contribution >= 0.6 is 0 Å². The molecule has 8 N–H and O–H groups in total. The summed E-state index contributed by atoms with van der Waals surface area (Å²) in [6, 6.07) is 64.9. The molecule has 0 amide bonds. The van der Waals surface area contributed by atoms with Gasteiger partial charge in [-0.25, -0.2) is 19.9 Å². The highest BCUT2D eigenvalue weighted by Gasteiger charge is 2.21. The minimum absolute atomic E-state index is 0.141. The van der Waals surface area contributed by atoms with Crippen LogP contribution in [0.3, 0.4) is 0 Å². The van der Waals surface area contributed by atoms with Crippen molar-refractivity contribution in [2.24, 2.45) is 0 Å². The molecule has 0 saturated carbocycles. The van der Waals surface area contributed by atoms with Gasteiger partial charge in [0.25, 0.3) is 0 Å². The van der Waals surface area contributed by atoms with Crippen molar-refractivity contribution in [2.75, 3.05) is 201 Å². The van der Waals surface area contributed by atoms with E-state index in [1.165, 1.54) is 36.4 Å². The number of benzene rings is 11. The smallest absolute Gasteiger partial charge is 0.161 e. The summed E-state index contributed by atoms with van der Waals surface area (Å²) < 4.78 is 78.7. The number of carbonyl (C=O) groups is 4. The van der Waals surface area contributed by atoms with E-state index in [4.69, 9.17) is 93.0 Å². The number of aromatic nitrogens is 8. The Hall–Kier alpha value is -15.2. The molecule has 0 radical (unpaired) electrons. The monoisotopic (exact) mass is 1890 g/mol. The number of nitrogens with one attached hydrogen (secondary N) is 4. The fourth-order valence-corrected chi connectivity index (χ4v) is 14.6. The van der Waals surface area contributed by atoms with Gasteiger partial charge in [0.15, 0.2) is 35.6 Å². The Balaban J connectivity index is 0.000000270. The maximum atomic E-state index is 11.2. The van der Waals surface area contributed by atoms with Crippen LogP contribution in [-0.2, 0) is 0 Å². The minimum Gasteiger partial charge on any atom is -0.493 e. The van der Waals surface area contributed by atoms with Crippen molar-refractivity contribution in [2.45, 2.75) is 32.1 Å². The maximum absolute atomic E-state index is 11.2. The minimum atomic E-state index is 0.141. The van der Waals surface area contributed by atoms with Crippen molar-refractivity contribution in [1.82, 2.24) is 64.4 Å². The van der Waals surface area contributed by atoms with Crippen molar-refractivity contribution in [3.05, 3.63) is 235 Å². The average molecular weight is 1890 g/mol. The molecule has 32 nitrogen and oxygen atoms in total. The first kappa shape index (κ1) is 101. The van der Waals surface area contributed by atoms with Gasteiger partial charge in [-0.05, 0) is 236 Å². The summed E-state index contributed by atoms with van der Waals surface area (Å²) in [6.07, 6.45) is 7.35. The van der Waals surface area contributed by atoms with E-state index in [0.717, 1.165) is 160 Å². The van der Waals surface area contributed by atoms with E-state index in [2.05, 4.69) is 101 Å². The Morgan fingerprint density at radius 2 is 0.525 bits per heavy atom. The number of fused-ring (bicyclic) bond motifs is 4. The first-order chi connectivity index (χ1) is 67.6. The average Bonchev–Trinajstić information content (AvgIpc) is 1.64. The van der Waals surface area contributed by atoms with Crippen molar-refractivity contribution in [3.63, 3.8) is 0 Å². The number of hydrogen-bond donors (Lipinski definition) is 6. The number of H-pyrrole nitrogens is 4. The number of aromatic amines is 4. The van der Waals surface area contributed by atoms with E-state index in [1.807, 2.05) is 154 Å². The highest BCUT2D eigenvalue weighted by atomic mass is 16.6. The molecule has 0 aliphatic rings. The van der Waals surface area contributed by atoms with Gasteiger partial charge in [-0.15, -0.1) is 0 Å². The second-order valence-corrected chi connectivity index (χ2v) is 34.0. The summed E-state index contributed by atoms with van der Waals surface area (Å²) in [5, 5.41) is 0. The molecule has 0 fully saturated rings. The molecule has 0 aliphatic heterocycles. The Morgan fingerprint density at radius 3 is 0.813 bits per heavy atom. The number of nitrogens with two attached hydrogens (primary N) is 2. The molecule has 0 unspecified atom stereocenters. The molecular weight excluding hydrogens is 1770 g/mol. The van der Waals surface area contributed by atoms with E-state index < -0.39 is 0 Å². The number of aldehydes is 4. The van der Waals surface area contributed by atoms with Crippen LogP contribution in [0.5, 0.6) is 74.7 Å². The number of imidazole rings is 4. The molecule has 139 heavy (non-hydrogen) atoms. The second kappa shape index (κ2) is 51.6. The number of nitrogens with zero attached hydrogens (tertiary/aromatic N) is 9. The maximum Gasteiger partial charge on any atom is 0.161 e. The van der Waals surface area contributed by atoms with Gasteiger partial charge in [-0.3, -0.25) is 19.2 Å². The Bertz CT molecular complexity index is 6160. The molecule has 4 aromatic heterocycles. The van der Waals surface area contributed by atoms with Crippen LogP contribution in [-0.4, -0.2) is 279 Å². The zero-order valence-electron chi connectivity index (χ0n) is 80.4. The zero-order valence-corrected chi connectivity index (χ0v) is 80.4. The molecule has 0 bridgehead atoms. The Kier molecular flexibility index (Phi) is 37.6. The fourth-order valence-electron chi connectivity index (χ4n) is 14.6. The van der Waals surface area contributed by atoms with E-state index in [1.54, 1.807) is 36.4 Å². The molecule has 0 aliphatic carbocycles. The molecule has 0 spiro atoms. The molecule has 4 heterocycles. The summed E-state index contributed by atoms with van der Waals surface area (Å²) >= 11 is 0. The predicted octanol–water partition coefficient (Wildman–Crippen LogP) is 17.1. The van der Waals surface area contributed by atoms with E-state index in [0.29, 0.717) is 161 Å². The van der Waals surface area contributed by atoms with Crippen LogP contribution in [0.4, 0.5) is 11.4 Å². The topological polar surface area (TPSA) is 371 Å². The summed E-state index contributed by atoms with van der Waals surface area (Å²) in [5.41, 5.74) is 23.9. The SMILES string of the molecule is CN(C)CCCOc1ccc(N)c(N)c1.CN(C)CCCOc1ccc2nc(-c3ccc(-c4nc5ccc(OCCCN(C)C)cc5[nH]4)c(OCCOc4ccccc4OCCOc4cc(-c5nc6ccc(OCCCN(C)C)cc6[nH]5)ccc4-c4nc5ccc(OCCCN(C)C)cc5[nH]4)c3)[nH]c2c1.O=Cc1ccc(C=O)c(OCCOc2ccccc2OCCOc2cc(C=O)ccc2C=O)c1. The number of anilines is 2. The molecule has 0 saturated heterocycles. The molecule has 32 heteroatoms. The van der Waals surface area contributed by atoms with Crippen LogP contribution in [0.15, 0.2) is 212 Å². The van der Waals surface area contributed by atoms with Gasteiger partial charge in [0.05, 0.1) is 111 Å². The summed E-state index contributed by atoms with van der Waals surface area (Å²) in [4.78, 5) is 89.0. The third-order valence-electron chi connectivity index (χ3n) is 21.7. The lowest BCUT2D eigenvalue weighted by Crippen LogP contribution is -2.15. The van der Waals surface area contributed by atoms with Crippen molar-refractivity contribution in [3.8, 4) is 120 Å². The molecule has 0 atom stereocenters. The number of carbonyl (C=O) groups excluding carboxylic acids is 4. The fraction of sp³-hybridized carbons (Fsp3) is 0.308. The van der Waals surface area contributed by atoms with Gasteiger partial charge in [0.1, 0.15) is 140 Å². The van der Waals surface area contributed by atoms with Crippen molar-refractivity contribution >= 4 is 80.7 Å². The number of rotatable bonds is 53. The van der Waals surface area contributed by atoms with Crippen LogP contribution in [0, 0.1) is 0 Å². The predicted molar refractivity (Wildman–Crippen MR) is 543 cm³/mol. The first-order valence-corrected chi connectivity index (χ1v) is 46.2. The summed E-state index contributed by atoms with van der Waals surface area (Å²) in [6.45, 7) is 9.43. The molecule has 15 rings (SSSR count). The van der Waals surface area contributed by atoms with Crippen molar-refractivity contribution < 1.29 is 80.8 Å².